The lowest BCUT2D eigenvalue weighted by Crippen LogP contribution is -2.28. The molecule has 0 aliphatic heterocycles. The highest BCUT2D eigenvalue weighted by Crippen LogP contribution is 2.47. The minimum absolute atomic E-state index is 0.0521. The number of alkyl halides is 3. The van der Waals surface area contributed by atoms with Crippen LogP contribution in [0, 0.1) is 5.92 Å². The predicted octanol–water partition coefficient (Wildman–Crippen LogP) is 4.82. The first-order valence-electron chi connectivity index (χ1n) is 6.82. The summed E-state index contributed by atoms with van der Waals surface area (Å²) in [5.74, 6) is -0.781. The number of aromatic nitrogens is 1. The third kappa shape index (κ3) is 2.79. The van der Waals surface area contributed by atoms with Gasteiger partial charge < -0.3 is 10.3 Å². The van der Waals surface area contributed by atoms with Gasteiger partial charge in [0.15, 0.2) is 11.6 Å². The summed E-state index contributed by atoms with van der Waals surface area (Å²) in [4.78, 5) is 0.887. The average molecular weight is 316 g/mol. The summed E-state index contributed by atoms with van der Waals surface area (Å²) >= 11 is 1.48. The van der Waals surface area contributed by atoms with Crippen LogP contribution in [0.15, 0.2) is 22.0 Å². The molecule has 2 atom stereocenters. The molecule has 3 rings (SSSR count). The average Bonchev–Trinajstić information content (AvgIpc) is 3.06. The van der Waals surface area contributed by atoms with Gasteiger partial charge in [0.25, 0.3) is 0 Å². The highest BCUT2D eigenvalue weighted by Gasteiger charge is 2.43. The van der Waals surface area contributed by atoms with E-state index in [2.05, 4.69) is 5.16 Å². The summed E-state index contributed by atoms with van der Waals surface area (Å²) in [5.41, 5.74) is 6.50. The van der Waals surface area contributed by atoms with Crippen LogP contribution in [0.2, 0.25) is 0 Å². The van der Waals surface area contributed by atoms with Crippen molar-refractivity contribution < 1.29 is 17.7 Å². The molecule has 3 nitrogen and oxygen atoms in total. The number of nitrogen functional groups attached to an aromatic ring is 1. The Morgan fingerprint density at radius 2 is 2.14 bits per heavy atom. The standard InChI is InChI=1S/C14H15F3N2OS/c15-14(16,17)9-4-1-3-8(7-9)12-11(13(18)19-20-12)10-5-2-6-21-10/h2,5-6,8-9H,1,3-4,7H2,(H2,18,19). The number of thiophene rings is 1. The van der Waals surface area contributed by atoms with E-state index in [0.29, 0.717) is 24.2 Å². The number of nitrogens with zero attached hydrogens (tertiary/aromatic N) is 1. The van der Waals surface area contributed by atoms with Crippen molar-refractivity contribution in [3.63, 3.8) is 0 Å². The highest BCUT2D eigenvalue weighted by molar-refractivity contribution is 7.13. The Kier molecular flexibility index (Phi) is 3.69. The van der Waals surface area contributed by atoms with E-state index in [-0.39, 0.29) is 24.6 Å². The summed E-state index contributed by atoms with van der Waals surface area (Å²) in [6.45, 7) is 0. The molecule has 7 heteroatoms. The molecule has 114 valence electrons. The van der Waals surface area contributed by atoms with E-state index in [4.69, 9.17) is 10.3 Å². The van der Waals surface area contributed by atoms with Crippen molar-refractivity contribution in [1.29, 1.82) is 0 Å². The van der Waals surface area contributed by atoms with Gasteiger partial charge in [-0.3, -0.25) is 0 Å². The fraction of sp³-hybridized carbons (Fsp3) is 0.500. The number of hydrogen-bond acceptors (Lipinski definition) is 4. The van der Waals surface area contributed by atoms with Gasteiger partial charge in [-0.05, 0) is 30.7 Å². The minimum Gasteiger partial charge on any atom is -0.380 e. The van der Waals surface area contributed by atoms with Crippen LogP contribution in [-0.4, -0.2) is 11.3 Å². The Hall–Kier alpha value is -1.50. The van der Waals surface area contributed by atoms with Crippen LogP contribution in [0.3, 0.4) is 0 Å². The molecule has 2 aromatic rings. The third-order valence-corrected chi connectivity index (χ3v) is 4.91. The maximum Gasteiger partial charge on any atom is 0.391 e. The number of anilines is 1. The molecule has 0 bridgehead atoms. The Bertz CT molecular complexity index is 606. The van der Waals surface area contributed by atoms with Crippen molar-refractivity contribution in [2.75, 3.05) is 5.73 Å². The van der Waals surface area contributed by atoms with Crippen LogP contribution in [0.1, 0.15) is 37.4 Å². The lowest BCUT2D eigenvalue weighted by atomic mass is 9.79. The smallest absolute Gasteiger partial charge is 0.380 e. The van der Waals surface area contributed by atoms with Gasteiger partial charge in [-0.2, -0.15) is 13.2 Å². The van der Waals surface area contributed by atoms with E-state index in [9.17, 15) is 13.2 Å². The van der Waals surface area contributed by atoms with Crippen LogP contribution in [0.25, 0.3) is 10.4 Å². The normalized spacial score (nSPS) is 23.4. The van der Waals surface area contributed by atoms with Crippen LogP contribution in [0.5, 0.6) is 0 Å². The molecule has 0 aromatic carbocycles. The van der Waals surface area contributed by atoms with Gasteiger partial charge in [-0.1, -0.05) is 17.6 Å². The first kappa shape index (κ1) is 14.4. The molecular formula is C14H15F3N2OS. The lowest BCUT2D eigenvalue weighted by Gasteiger charge is -2.29. The zero-order valence-electron chi connectivity index (χ0n) is 11.2. The molecule has 21 heavy (non-hydrogen) atoms. The summed E-state index contributed by atoms with van der Waals surface area (Å²) in [6, 6.07) is 3.75. The van der Waals surface area contributed by atoms with Crippen LogP contribution < -0.4 is 5.73 Å². The van der Waals surface area contributed by atoms with Gasteiger partial charge in [0.1, 0.15) is 0 Å². The lowest BCUT2D eigenvalue weighted by molar-refractivity contribution is -0.183. The molecule has 1 aliphatic rings. The van der Waals surface area contributed by atoms with Crippen molar-refractivity contribution in [1.82, 2.24) is 5.16 Å². The van der Waals surface area contributed by atoms with Gasteiger partial charge in [0.05, 0.1) is 11.5 Å². The molecule has 1 saturated carbocycles. The van der Waals surface area contributed by atoms with Crippen LogP contribution in [-0.2, 0) is 0 Å². The third-order valence-electron chi connectivity index (χ3n) is 4.02. The molecule has 1 fully saturated rings. The van der Waals surface area contributed by atoms with Crippen molar-refractivity contribution in [2.45, 2.75) is 37.8 Å². The van der Waals surface area contributed by atoms with Gasteiger partial charge in [0.2, 0.25) is 0 Å². The van der Waals surface area contributed by atoms with Gasteiger partial charge in [0, 0.05) is 10.8 Å². The largest absolute Gasteiger partial charge is 0.391 e. The molecular weight excluding hydrogens is 301 g/mol. The predicted molar refractivity (Wildman–Crippen MR) is 75.0 cm³/mol. The first-order valence-corrected chi connectivity index (χ1v) is 7.70. The summed E-state index contributed by atoms with van der Waals surface area (Å²) in [7, 11) is 0. The second-order valence-electron chi connectivity index (χ2n) is 5.39. The molecule has 1 aliphatic carbocycles. The van der Waals surface area contributed by atoms with Crippen LogP contribution >= 0.6 is 11.3 Å². The summed E-state index contributed by atoms with van der Waals surface area (Å²) in [5, 5.41) is 5.66. The first-order chi connectivity index (χ1) is 9.97. The maximum atomic E-state index is 12.9. The number of nitrogens with two attached hydrogens (primary N) is 1. The zero-order valence-corrected chi connectivity index (χ0v) is 12.0. The Morgan fingerprint density at radius 1 is 1.33 bits per heavy atom. The van der Waals surface area contributed by atoms with Crippen molar-refractivity contribution in [3.8, 4) is 10.4 Å². The number of rotatable bonds is 2. The maximum absolute atomic E-state index is 12.9. The zero-order chi connectivity index (χ0) is 15.0. The second-order valence-corrected chi connectivity index (χ2v) is 6.33. The fourth-order valence-corrected chi connectivity index (χ4v) is 3.77. The quantitative estimate of drug-likeness (QED) is 0.864. The molecule has 0 saturated heterocycles. The van der Waals surface area contributed by atoms with E-state index < -0.39 is 12.1 Å². The molecule has 0 radical (unpaired) electrons. The summed E-state index contributed by atoms with van der Waals surface area (Å²) in [6.07, 6.45) is -2.68. The van der Waals surface area contributed by atoms with Gasteiger partial charge in [-0.25, -0.2) is 0 Å². The summed E-state index contributed by atoms with van der Waals surface area (Å²) < 4.78 is 44.1. The van der Waals surface area contributed by atoms with Gasteiger partial charge in [-0.15, -0.1) is 11.3 Å². The molecule has 2 N–H and O–H groups in total. The number of hydrogen-bond donors (Lipinski definition) is 1. The number of halogens is 3. The molecule has 0 spiro atoms. The minimum atomic E-state index is -4.15. The van der Waals surface area contributed by atoms with E-state index in [1.807, 2.05) is 17.5 Å². The van der Waals surface area contributed by atoms with Gasteiger partial charge >= 0.3 is 6.18 Å². The van der Waals surface area contributed by atoms with E-state index in [1.54, 1.807) is 0 Å². The Labute approximate surface area is 123 Å². The van der Waals surface area contributed by atoms with Crippen molar-refractivity contribution >= 4 is 17.2 Å². The van der Waals surface area contributed by atoms with E-state index in [0.717, 1.165) is 4.88 Å². The topological polar surface area (TPSA) is 52.0 Å². The molecule has 2 aromatic heterocycles. The molecule has 0 amide bonds. The van der Waals surface area contributed by atoms with Crippen LogP contribution in [0.4, 0.5) is 19.0 Å². The molecule has 2 heterocycles. The van der Waals surface area contributed by atoms with E-state index >= 15 is 0 Å². The highest BCUT2D eigenvalue weighted by atomic mass is 32.1. The Balaban J connectivity index is 1.91. The fourth-order valence-electron chi connectivity index (χ4n) is 2.99. The Morgan fingerprint density at radius 3 is 2.81 bits per heavy atom. The van der Waals surface area contributed by atoms with Crippen molar-refractivity contribution in [2.24, 2.45) is 5.92 Å². The molecule has 2 unspecified atom stereocenters. The van der Waals surface area contributed by atoms with Crippen molar-refractivity contribution in [3.05, 3.63) is 23.3 Å². The van der Waals surface area contributed by atoms with E-state index in [1.165, 1.54) is 11.3 Å². The monoisotopic (exact) mass is 316 g/mol. The SMILES string of the molecule is Nc1noc(C2CCCC(C(F)(F)F)C2)c1-c1cccs1. The second kappa shape index (κ2) is 5.36.